The van der Waals surface area contributed by atoms with Crippen molar-refractivity contribution in [1.29, 1.82) is 0 Å². The fourth-order valence-electron chi connectivity index (χ4n) is 1.28. The third kappa shape index (κ3) is 3.41. The Balaban J connectivity index is 2.06. The van der Waals surface area contributed by atoms with Crippen molar-refractivity contribution < 1.29 is 0 Å². The van der Waals surface area contributed by atoms with Gasteiger partial charge in [0.05, 0.1) is 6.54 Å². The zero-order valence-electron chi connectivity index (χ0n) is 7.11. The van der Waals surface area contributed by atoms with E-state index in [1.165, 1.54) is 19.4 Å². The molecule has 0 radical (unpaired) electrons. The molecule has 0 aromatic rings. The molecule has 1 aliphatic heterocycles. The van der Waals surface area contributed by atoms with Crippen LogP contribution in [0.5, 0.6) is 0 Å². The summed E-state index contributed by atoms with van der Waals surface area (Å²) < 4.78 is 0. The Kier molecular flexibility index (Phi) is 4.03. The second kappa shape index (κ2) is 5.17. The first-order valence-corrected chi connectivity index (χ1v) is 4.27. The summed E-state index contributed by atoms with van der Waals surface area (Å²) in [5.74, 6) is 6.21. The van der Waals surface area contributed by atoms with Gasteiger partial charge < -0.3 is 10.6 Å². The standard InChI is InChI=1S/C9H16N2/c1-10-7-3-2-5-9-6-4-8-11-9/h9-11H,4-8H2,1H3. The molecule has 1 unspecified atom stereocenters. The number of nitrogens with one attached hydrogen (secondary N) is 2. The van der Waals surface area contributed by atoms with E-state index in [2.05, 4.69) is 22.5 Å². The molecule has 0 aliphatic carbocycles. The zero-order chi connectivity index (χ0) is 7.94. The van der Waals surface area contributed by atoms with E-state index >= 15 is 0 Å². The van der Waals surface area contributed by atoms with E-state index in [9.17, 15) is 0 Å². The maximum absolute atomic E-state index is 3.41. The van der Waals surface area contributed by atoms with Crippen molar-refractivity contribution >= 4 is 0 Å². The van der Waals surface area contributed by atoms with Crippen LogP contribution in [0.25, 0.3) is 0 Å². The number of hydrogen-bond acceptors (Lipinski definition) is 2. The van der Waals surface area contributed by atoms with Gasteiger partial charge in [0.15, 0.2) is 0 Å². The van der Waals surface area contributed by atoms with Gasteiger partial charge in [-0.3, -0.25) is 0 Å². The SMILES string of the molecule is CNCC#CCC1CCCN1. The van der Waals surface area contributed by atoms with E-state index in [1.54, 1.807) is 0 Å². The summed E-state index contributed by atoms with van der Waals surface area (Å²) >= 11 is 0. The summed E-state index contributed by atoms with van der Waals surface area (Å²) in [6, 6.07) is 0.666. The molecule has 1 aliphatic rings. The molecule has 1 rings (SSSR count). The highest BCUT2D eigenvalue weighted by Crippen LogP contribution is 2.06. The van der Waals surface area contributed by atoms with Crippen LogP contribution in [-0.2, 0) is 0 Å². The second-order valence-electron chi connectivity index (χ2n) is 2.88. The molecule has 62 valence electrons. The third-order valence-electron chi connectivity index (χ3n) is 1.90. The summed E-state index contributed by atoms with van der Waals surface area (Å²) in [7, 11) is 1.92. The monoisotopic (exact) mass is 152 g/mol. The van der Waals surface area contributed by atoms with Crippen LogP contribution in [0.15, 0.2) is 0 Å². The normalized spacial score (nSPS) is 22.8. The van der Waals surface area contributed by atoms with Crippen molar-refractivity contribution in [1.82, 2.24) is 10.6 Å². The van der Waals surface area contributed by atoms with Gasteiger partial charge in [-0.25, -0.2) is 0 Å². The average Bonchev–Trinajstić information content (AvgIpc) is 2.50. The van der Waals surface area contributed by atoms with Crippen LogP contribution >= 0.6 is 0 Å². The maximum Gasteiger partial charge on any atom is 0.0574 e. The summed E-state index contributed by atoms with van der Waals surface area (Å²) in [4.78, 5) is 0. The summed E-state index contributed by atoms with van der Waals surface area (Å²) in [5, 5.41) is 6.41. The highest BCUT2D eigenvalue weighted by molar-refractivity contribution is 5.03. The molecule has 0 aromatic carbocycles. The first-order valence-electron chi connectivity index (χ1n) is 4.27. The first kappa shape index (κ1) is 8.58. The van der Waals surface area contributed by atoms with Gasteiger partial charge in [0, 0.05) is 12.5 Å². The van der Waals surface area contributed by atoms with E-state index in [1.807, 2.05) is 7.05 Å². The lowest BCUT2D eigenvalue weighted by Gasteiger charge is -2.02. The van der Waals surface area contributed by atoms with Gasteiger partial charge >= 0.3 is 0 Å². The van der Waals surface area contributed by atoms with Gasteiger partial charge in [0.1, 0.15) is 0 Å². The Hall–Kier alpha value is -0.520. The smallest absolute Gasteiger partial charge is 0.0574 e. The van der Waals surface area contributed by atoms with Gasteiger partial charge in [-0.15, -0.1) is 5.92 Å². The van der Waals surface area contributed by atoms with Crippen molar-refractivity contribution in [2.24, 2.45) is 0 Å². The minimum absolute atomic E-state index is 0.666. The van der Waals surface area contributed by atoms with Crippen molar-refractivity contribution in [2.75, 3.05) is 20.1 Å². The summed E-state index contributed by atoms with van der Waals surface area (Å²) in [5.41, 5.74) is 0. The predicted octanol–water partition coefficient (Wildman–Crippen LogP) is 0.351. The van der Waals surface area contributed by atoms with Crippen LogP contribution in [0.2, 0.25) is 0 Å². The van der Waals surface area contributed by atoms with Crippen LogP contribution in [-0.4, -0.2) is 26.2 Å². The van der Waals surface area contributed by atoms with Crippen molar-refractivity contribution in [2.45, 2.75) is 25.3 Å². The Labute approximate surface area is 68.8 Å². The topological polar surface area (TPSA) is 24.1 Å². The molecule has 2 heteroatoms. The summed E-state index contributed by atoms with van der Waals surface area (Å²) in [6.45, 7) is 1.99. The van der Waals surface area contributed by atoms with E-state index in [0.717, 1.165) is 13.0 Å². The van der Waals surface area contributed by atoms with E-state index in [4.69, 9.17) is 0 Å². The van der Waals surface area contributed by atoms with Gasteiger partial charge in [-0.1, -0.05) is 5.92 Å². The highest BCUT2D eigenvalue weighted by Gasteiger charge is 2.11. The maximum atomic E-state index is 3.41. The molecule has 0 bridgehead atoms. The van der Waals surface area contributed by atoms with Crippen molar-refractivity contribution in [3.63, 3.8) is 0 Å². The zero-order valence-corrected chi connectivity index (χ0v) is 7.11. The highest BCUT2D eigenvalue weighted by atomic mass is 14.9. The van der Waals surface area contributed by atoms with Gasteiger partial charge in [0.2, 0.25) is 0 Å². The van der Waals surface area contributed by atoms with Crippen molar-refractivity contribution in [3.05, 3.63) is 0 Å². The molecule has 11 heavy (non-hydrogen) atoms. The van der Waals surface area contributed by atoms with E-state index in [0.29, 0.717) is 6.04 Å². The molecule has 0 aromatic heterocycles. The molecular weight excluding hydrogens is 136 g/mol. The molecule has 1 atom stereocenters. The molecule has 1 heterocycles. The van der Waals surface area contributed by atoms with Gasteiger partial charge in [-0.2, -0.15) is 0 Å². The fourth-order valence-corrected chi connectivity index (χ4v) is 1.28. The Morgan fingerprint density at radius 1 is 1.55 bits per heavy atom. The van der Waals surface area contributed by atoms with Crippen LogP contribution < -0.4 is 10.6 Å². The van der Waals surface area contributed by atoms with E-state index in [-0.39, 0.29) is 0 Å². The molecule has 1 saturated heterocycles. The number of rotatable bonds is 2. The molecule has 0 spiro atoms. The third-order valence-corrected chi connectivity index (χ3v) is 1.90. The molecule has 2 nitrogen and oxygen atoms in total. The van der Waals surface area contributed by atoms with Gasteiger partial charge in [-0.05, 0) is 26.4 Å². The Morgan fingerprint density at radius 2 is 2.45 bits per heavy atom. The lowest BCUT2D eigenvalue weighted by molar-refractivity contribution is 0.622. The van der Waals surface area contributed by atoms with Crippen LogP contribution in [0, 0.1) is 11.8 Å². The van der Waals surface area contributed by atoms with Crippen LogP contribution in [0.4, 0.5) is 0 Å². The lowest BCUT2D eigenvalue weighted by atomic mass is 10.2. The summed E-state index contributed by atoms with van der Waals surface area (Å²) in [6.07, 6.45) is 3.63. The predicted molar refractivity (Wildman–Crippen MR) is 47.3 cm³/mol. The largest absolute Gasteiger partial charge is 0.313 e. The first-order chi connectivity index (χ1) is 5.43. The fraction of sp³-hybridized carbons (Fsp3) is 0.778. The minimum Gasteiger partial charge on any atom is -0.313 e. The molecule has 2 N–H and O–H groups in total. The molecule has 0 saturated carbocycles. The molecular formula is C9H16N2. The molecule has 1 fully saturated rings. The lowest BCUT2D eigenvalue weighted by Crippen LogP contribution is -2.20. The minimum atomic E-state index is 0.666. The Bertz CT molecular complexity index is 149. The molecule has 0 amide bonds. The average molecular weight is 152 g/mol. The quantitative estimate of drug-likeness (QED) is 0.558. The van der Waals surface area contributed by atoms with Crippen molar-refractivity contribution in [3.8, 4) is 11.8 Å². The number of hydrogen-bond donors (Lipinski definition) is 2. The van der Waals surface area contributed by atoms with Crippen LogP contribution in [0.3, 0.4) is 0 Å². The van der Waals surface area contributed by atoms with Crippen LogP contribution in [0.1, 0.15) is 19.3 Å². The second-order valence-corrected chi connectivity index (χ2v) is 2.88. The van der Waals surface area contributed by atoms with E-state index < -0.39 is 0 Å². The van der Waals surface area contributed by atoms with Gasteiger partial charge in [0.25, 0.3) is 0 Å². The Morgan fingerprint density at radius 3 is 3.09 bits per heavy atom.